The zero-order valence-electron chi connectivity index (χ0n) is 9.32. The van der Waals surface area contributed by atoms with E-state index >= 15 is 0 Å². The molecule has 14 heavy (non-hydrogen) atoms. The van der Waals surface area contributed by atoms with Crippen LogP contribution in [0.1, 0.15) is 27.2 Å². The molecule has 0 aromatic heterocycles. The molecule has 0 unspecified atom stereocenters. The van der Waals surface area contributed by atoms with Crippen LogP contribution < -0.4 is 0 Å². The Morgan fingerprint density at radius 3 is 2.71 bits per heavy atom. The second-order valence-corrected chi connectivity index (χ2v) is 4.01. The quantitative estimate of drug-likeness (QED) is 0.696. The largest absolute Gasteiger partial charge is 0.441 e. The van der Waals surface area contributed by atoms with Gasteiger partial charge in [-0.05, 0) is 19.3 Å². The van der Waals surface area contributed by atoms with Gasteiger partial charge in [0.25, 0.3) is 0 Å². The molecule has 4 nitrogen and oxygen atoms in total. The second kappa shape index (κ2) is 4.64. The minimum absolute atomic E-state index is 0.118. The first kappa shape index (κ1) is 11.3. The number of amides is 1. The molecule has 0 bridgehead atoms. The van der Waals surface area contributed by atoms with E-state index in [2.05, 4.69) is 13.8 Å². The molecule has 0 spiro atoms. The Balaban J connectivity index is 2.59. The van der Waals surface area contributed by atoms with Crippen LogP contribution in [-0.2, 0) is 9.47 Å². The molecule has 0 aromatic carbocycles. The molecule has 4 heteroatoms. The summed E-state index contributed by atoms with van der Waals surface area (Å²) in [6.45, 7) is 6.73. The molecule has 0 saturated carbocycles. The summed E-state index contributed by atoms with van der Waals surface area (Å²) in [4.78, 5) is 12.8. The molecule has 1 heterocycles. The molecular weight excluding hydrogens is 182 g/mol. The predicted octanol–water partition coefficient (Wildman–Crippen LogP) is 1.85. The zero-order chi connectivity index (χ0) is 10.7. The van der Waals surface area contributed by atoms with E-state index in [-0.39, 0.29) is 18.4 Å². The third-order valence-electron chi connectivity index (χ3n) is 2.28. The van der Waals surface area contributed by atoms with Gasteiger partial charge in [0.1, 0.15) is 6.10 Å². The molecule has 1 aliphatic heterocycles. The van der Waals surface area contributed by atoms with Crippen molar-refractivity contribution in [2.75, 3.05) is 13.7 Å². The number of carbonyl (C=O) groups is 1. The van der Waals surface area contributed by atoms with Gasteiger partial charge in [-0.1, -0.05) is 13.8 Å². The van der Waals surface area contributed by atoms with Crippen LogP contribution in [0.2, 0.25) is 0 Å². The van der Waals surface area contributed by atoms with E-state index < -0.39 is 0 Å². The van der Waals surface area contributed by atoms with Crippen molar-refractivity contribution in [3.05, 3.63) is 0 Å². The lowest BCUT2D eigenvalue weighted by Gasteiger charge is -2.21. The van der Waals surface area contributed by atoms with Gasteiger partial charge in [-0.15, -0.1) is 0 Å². The zero-order valence-corrected chi connectivity index (χ0v) is 9.32. The topological polar surface area (TPSA) is 38.8 Å². The lowest BCUT2D eigenvalue weighted by molar-refractivity contribution is -0.0448. The molecule has 0 radical (unpaired) electrons. The van der Waals surface area contributed by atoms with Gasteiger partial charge in [0.05, 0.1) is 0 Å². The fourth-order valence-corrected chi connectivity index (χ4v) is 1.64. The SMILES string of the molecule is CCO[C@@H]1[C@H](CC(C)C)OC(=O)N1C. The molecule has 0 aromatic rings. The molecule has 2 atom stereocenters. The van der Waals surface area contributed by atoms with E-state index in [0.717, 1.165) is 6.42 Å². The lowest BCUT2D eigenvalue weighted by atomic mass is 10.1. The van der Waals surface area contributed by atoms with Crippen LogP contribution in [0.3, 0.4) is 0 Å². The smallest absolute Gasteiger partial charge is 0.412 e. The van der Waals surface area contributed by atoms with E-state index in [1.54, 1.807) is 7.05 Å². The van der Waals surface area contributed by atoms with E-state index in [1.165, 1.54) is 4.90 Å². The Labute approximate surface area is 85.2 Å². The van der Waals surface area contributed by atoms with Crippen molar-refractivity contribution >= 4 is 6.09 Å². The third kappa shape index (κ3) is 2.38. The highest BCUT2D eigenvalue weighted by Crippen LogP contribution is 2.24. The Morgan fingerprint density at radius 1 is 1.57 bits per heavy atom. The minimum Gasteiger partial charge on any atom is -0.441 e. The van der Waals surface area contributed by atoms with Crippen molar-refractivity contribution in [3.8, 4) is 0 Å². The predicted molar refractivity (Wildman–Crippen MR) is 52.9 cm³/mol. The van der Waals surface area contributed by atoms with Crippen LogP contribution in [0.25, 0.3) is 0 Å². The highest BCUT2D eigenvalue weighted by Gasteiger charge is 2.40. The number of hydrogen-bond donors (Lipinski definition) is 0. The van der Waals surface area contributed by atoms with Gasteiger partial charge in [0.15, 0.2) is 6.23 Å². The molecule has 1 rings (SSSR count). The number of nitrogens with zero attached hydrogens (tertiary/aromatic N) is 1. The van der Waals surface area contributed by atoms with Gasteiger partial charge in [0, 0.05) is 13.7 Å². The standard InChI is InChI=1S/C10H19NO3/c1-5-13-9-8(6-7(2)3)14-10(12)11(9)4/h7-9H,5-6H2,1-4H3/t8-,9+/m0/s1. The Kier molecular flexibility index (Phi) is 3.75. The summed E-state index contributed by atoms with van der Waals surface area (Å²) in [7, 11) is 1.71. The van der Waals surface area contributed by atoms with Crippen molar-refractivity contribution in [2.24, 2.45) is 5.92 Å². The van der Waals surface area contributed by atoms with Crippen LogP contribution in [0.4, 0.5) is 4.79 Å². The van der Waals surface area contributed by atoms with Crippen LogP contribution in [0, 0.1) is 5.92 Å². The Morgan fingerprint density at radius 2 is 2.21 bits per heavy atom. The second-order valence-electron chi connectivity index (χ2n) is 4.01. The van der Waals surface area contributed by atoms with Crippen LogP contribution in [0.5, 0.6) is 0 Å². The number of hydrogen-bond acceptors (Lipinski definition) is 3. The number of likely N-dealkylation sites (N-methyl/N-ethyl adjacent to an activating group) is 1. The van der Waals surface area contributed by atoms with Crippen LogP contribution in [0.15, 0.2) is 0 Å². The fraction of sp³-hybridized carbons (Fsp3) is 0.900. The first-order valence-electron chi connectivity index (χ1n) is 5.11. The first-order chi connectivity index (χ1) is 6.56. The van der Waals surface area contributed by atoms with Gasteiger partial charge >= 0.3 is 6.09 Å². The molecule has 1 amide bonds. The van der Waals surface area contributed by atoms with E-state index in [4.69, 9.17) is 9.47 Å². The van der Waals surface area contributed by atoms with Crippen molar-refractivity contribution in [2.45, 2.75) is 39.5 Å². The van der Waals surface area contributed by atoms with Crippen LogP contribution >= 0.6 is 0 Å². The van der Waals surface area contributed by atoms with Gasteiger partial charge in [-0.3, -0.25) is 4.90 Å². The van der Waals surface area contributed by atoms with Crippen LogP contribution in [-0.4, -0.2) is 37.0 Å². The number of ether oxygens (including phenoxy) is 2. The van der Waals surface area contributed by atoms with Crippen molar-refractivity contribution < 1.29 is 14.3 Å². The average molecular weight is 201 g/mol. The molecule has 0 aliphatic carbocycles. The summed E-state index contributed by atoms with van der Waals surface area (Å²) in [5, 5.41) is 0. The molecule has 1 saturated heterocycles. The summed E-state index contributed by atoms with van der Waals surface area (Å²) in [5.41, 5.74) is 0. The molecule has 1 fully saturated rings. The Bertz CT molecular complexity index is 206. The maximum Gasteiger partial charge on any atom is 0.412 e. The lowest BCUT2D eigenvalue weighted by Crippen LogP contribution is -2.36. The van der Waals surface area contributed by atoms with E-state index in [1.807, 2.05) is 6.92 Å². The number of rotatable bonds is 4. The highest BCUT2D eigenvalue weighted by atomic mass is 16.6. The van der Waals surface area contributed by atoms with E-state index in [0.29, 0.717) is 12.5 Å². The van der Waals surface area contributed by atoms with Crippen molar-refractivity contribution in [3.63, 3.8) is 0 Å². The summed E-state index contributed by atoms with van der Waals surface area (Å²) in [6.07, 6.45) is 0.234. The monoisotopic (exact) mass is 201 g/mol. The number of carbonyl (C=O) groups excluding carboxylic acids is 1. The molecule has 1 aliphatic rings. The minimum atomic E-state index is -0.283. The summed E-state index contributed by atoms with van der Waals surface area (Å²) in [6, 6.07) is 0. The van der Waals surface area contributed by atoms with Crippen molar-refractivity contribution in [1.29, 1.82) is 0 Å². The fourth-order valence-electron chi connectivity index (χ4n) is 1.64. The highest BCUT2D eigenvalue weighted by molar-refractivity contribution is 5.69. The van der Waals surface area contributed by atoms with Gasteiger partial charge in [0.2, 0.25) is 0 Å². The maximum absolute atomic E-state index is 11.3. The van der Waals surface area contributed by atoms with E-state index in [9.17, 15) is 4.79 Å². The van der Waals surface area contributed by atoms with Gasteiger partial charge in [-0.25, -0.2) is 4.79 Å². The molecule has 0 N–H and O–H groups in total. The molecular formula is C10H19NO3. The summed E-state index contributed by atoms with van der Waals surface area (Å²) in [5.74, 6) is 0.502. The summed E-state index contributed by atoms with van der Waals surface area (Å²) < 4.78 is 10.7. The average Bonchev–Trinajstić information content (AvgIpc) is 2.32. The van der Waals surface area contributed by atoms with Crippen molar-refractivity contribution in [1.82, 2.24) is 4.90 Å². The van der Waals surface area contributed by atoms with Gasteiger partial charge in [-0.2, -0.15) is 0 Å². The normalized spacial score (nSPS) is 27.2. The maximum atomic E-state index is 11.3. The number of cyclic esters (lactones) is 1. The van der Waals surface area contributed by atoms with Gasteiger partial charge < -0.3 is 9.47 Å². The summed E-state index contributed by atoms with van der Waals surface area (Å²) >= 11 is 0. The molecule has 82 valence electrons. The third-order valence-corrected chi connectivity index (χ3v) is 2.28. The Hall–Kier alpha value is -0.770. The first-order valence-corrected chi connectivity index (χ1v) is 5.11.